The van der Waals surface area contributed by atoms with E-state index in [2.05, 4.69) is 4.99 Å². The number of methoxy groups -OCH3 is 1. The minimum Gasteiger partial charge on any atom is -0.383 e. The van der Waals surface area contributed by atoms with Crippen molar-refractivity contribution in [1.82, 2.24) is 8.87 Å². The fraction of sp³-hybridized carbons (Fsp3) is 0.417. The predicted molar refractivity (Wildman–Crippen MR) is 130 cm³/mol. The largest absolute Gasteiger partial charge is 0.383 e. The third kappa shape index (κ3) is 4.96. The number of fused-ring (bicyclic) bond motifs is 1. The van der Waals surface area contributed by atoms with Gasteiger partial charge in [-0.2, -0.15) is 9.30 Å². The van der Waals surface area contributed by atoms with E-state index in [0.29, 0.717) is 30.1 Å². The molecule has 33 heavy (non-hydrogen) atoms. The number of ether oxygens (including phenoxy) is 1. The Balaban J connectivity index is 1.62. The number of aromatic nitrogens is 1. The van der Waals surface area contributed by atoms with Gasteiger partial charge in [0.05, 0.1) is 21.7 Å². The van der Waals surface area contributed by atoms with Crippen molar-refractivity contribution in [2.45, 2.75) is 50.1 Å². The zero-order chi connectivity index (χ0) is 23.4. The lowest BCUT2D eigenvalue weighted by Crippen LogP contribution is -2.43. The maximum absolute atomic E-state index is 13.2. The quantitative estimate of drug-likeness (QED) is 0.504. The van der Waals surface area contributed by atoms with E-state index in [4.69, 9.17) is 4.74 Å². The zero-order valence-corrected chi connectivity index (χ0v) is 20.6. The highest BCUT2D eigenvalue weighted by molar-refractivity contribution is 7.89. The molecule has 4 rings (SSSR count). The van der Waals surface area contributed by atoms with Crippen LogP contribution in [0, 0.1) is 0 Å². The second kappa shape index (κ2) is 10.3. The van der Waals surface area contributed by atoms with E-state index >= 15 is 0 Å². The van der Waals surface area contributed by atoms with Gasteiger partial charge in [-0.15, -0.1) is 0 Å². The van der Waals surface area contributed by atoms with Gasteiger partial charge in [0.15, 0.2) is 4.80 Å². The maximum Gasteiger partial charge on any atom is 0.279 e. The summed E-state index contributed by atoms with van der Waals surface area (Å²) in [5.74, 6) is -0.402. The van der Waals surface area contributed by atoms with Crippen LogP contribution in [0.3, 0.4) is 0 Å². The average molecular weight is 488 g/mol. The van der Waals surface area contributed by atoms with Crippen LogP contribution in [0.4, 0.5) is 0 Å². The second-order valence-corrected chi connectivity index (χ2v) is 11.0. The predicted octanol–water partition coefficient (Wildman–Crippen LogP) is 4.04. The van der Waals surface area contributed by atoms with Crippen LogP contribution in [0.15, 0.2) is 58.4 Å². The molecular formula is C24H29N3O4S2. The van der Waals surface area contributed by atoms with Crippen LogP contribution in [-0.4, -0.2) is 49.5 Å². The number of nitrogens with zero attached hydrogens (tertiary/aromatic N) is 3. The standard InChI is InChI=1S/C24H29N3O4S2/c1-3-19-8-6-7-15-27(19)33(29,30)20-13-11-18(12-14-20)23(28)25-24-26(16-17-31-2)21-9-4-5-10-22(21)32-24/h4-5,9-14,19H,3,6-8,15-17H2,1-2H3. The van der Waals surface area contributed by atoms with Crippen molar-refractivity contribution in [1.29, 1.82) is 0 Å². The van der Waals surface area contributed by atoms with Crippen molar-refractivity contribution in [2.75, 3.05) is 20.3 Å². The summed E-state index contributed by atoms with van der Waals surface area (Å²) in [5.41, 5.74) is 1.36. The van der Waals surface area contributed by atoms with Gasteiger partial charge in [0.2, 0.25) is 10.0 Å². The highest BCUT2D eigenvalue weighted by atomic mass is 32.2. The molecule has 0 bridgehead atoms. The fourth-order valence-corrected chi connectivity index (χ4v) is 7.08. The molecule has 0 aliphatic carbocycles. The Labute approximate surface area is 198 Å². The van der Waals surface area contributed by atoms with Gasteiger partial charge in [-0.05, 0) is 55.7 Å². The van der Waals surface area contributed by atoms with E-state index in [1.54, 1.807) is 23.5 Å². The zero-order valence-electron chi connectivity index (χ0n) is 18.9. The van der Waals surface area contributed by atoms with Gasteiger partial charge in [0.1, 0.15) is 0 Å². The fourth-order valence-electron chi connectivity index (χ4n) is 4.26. The number of para-hydroxylation sites is 1. The number of hydrogen-bond donors (Lipinski definition) is 0. The van der Waals surface area contributed by atoms with Crippen molar-refractivity contribution in [3.63, 3.8) is 0 Å². The van der Waals surface area contributed by atoms with Crippen molar-refractivity contribution in [3.8, 4) is 0 Å². The lowest BCUT2D eigenvalue weighted by atomic mass is 10.0. The third-order valence-corrected chi connectivity index (χ3v) is 9.08. The molecule has 1 aromatic heterocycles. The second-order valence-electron chi connectivity index (χ2n) is 8.11. The molecular weight excluding hydrogens is 458 g/mol. The number of piperidine rings is 1. The molecule has 7 nitrogen and oxygen atoms in total. The molecule has 1 saturated heterocycles. The van der Waals surface area contributed by atoms with Crippen molar-refractivity contribution >= 4 is 37.5 Å². The number of amides is 1. The average Bonchev–Trinajstić information content (AvgIpc) is 3.19. The number of benzene rings is 2. The van der Waals surface area contributed by atoms with Crippen LogP contribution < -0.4 is 4.80 Å². The molecule has 0 saturated carbocycles. The maximum atomic E-state index is 13.2. The molecule has 2 aromatic carbocycles. The summed E-state index contributed by atoms with van der Waals surface area (Å²) in [4.78, 5) is 18.1. The molecule has 0 spiro atoms. The number of thiazole rings is 1. The van der Waals surface area contributed by atoms with E-state index in [0.717, 1.165) is 35.9 Å². The summed E-state index contributed by atoms with van der Waals surface area (Å²) >= 11 is 1.44. The molecule has 0 N–H and O–H groups in total. The van der Waals surface area contributed by atoms with Gasteiger partial charge >= 0.3 is 0 Å². The molecule has 1 unspecified atom stereocenters. The first-order chi connectivity index (χ1) is 16.0. The van der Waals surface area contributed by atoms with E-state index in [-0.39, 0.29) is 10.9 Å². The Kier molecular flexibility index (Phi) is 7.43. The molecule has 1 aliphatic rings. The molecule has 1 aliphatic heterocycles. The van der Waals surface area contributed by atoms with Crippen LogP contribution in [0.2, 0.25) is 0 Å². The summed E-state index contributed by atoms with van der Waals surface area (Å²) < 4.78 is 36.2. The first kappa shape index (κ1) is 23.8. The van der Waals surface area contributed by atoms with Crippen LogP contribution in [0.1, 0.15) is 43.0 Å². The molecule has 3 aromatic rings. The minimum absolute atomic E-state index is 0.0376. The van der Waals surface area contributed by atoms with E-state index in [1.165, 1.54) is 23.5 Å². The van der Waals surface area contributed by atoms with Gasteiger partial charge in [0.25, 0.3) is 5.91 Å². The Morgan fingerprint density at radius 3 is 2.64 bits per heavy atom. The Morgan fingerprint density at radius 2 is 1.91 bits per heavy atom. The summed E-state index contributed by atoms with van der Waals surface area (Å²) in [6, 6.07) is 14.1. The highest BCUT2D eigenvalue weighted by Gasteiger charge is 2.32. The SMILES string of the molecule is CCC1CCCCN1S(=O)(=O)c1ccc(C(=O)N=c2sc3ccccc3n2CCOC)cc1. The summed E-state index contributed by atoms with van der Waals surface area (Å²) in [5, 5.41) is 0. The van der Waals surface area contributed by atoms with Crippen LogP contribution in [0.25, 0.3) is 10.2 Å². The molecule has 1 amide bonds. The molecule has 0 radical (unpaired) electrons. The van der Waals surface area contributed by atoms with Gasteiger partial charge < -0.3 is 9.30 Å². The Morgan fingerprint density at radius 1 is 1.15 bits per heavy atom. The van der Waals surface area contributed by atoms with Crippen LogP contribution in [-0.2, 0) is 21.3 Å². The van der Waals surface area contributed by atoms with Crippen LogP contribution in [0.5, 0.6) is 0 Å². The van der Waals surface area contributed by atoms with Gasteiger partial charge in [0, 0.05) is 31.8 Å². The first-order valence-corrected chi connectivity index (χ1v) is 13.5. The molecule has 2 heterocycles. The van der Waals surface area contributed by atoms with Crippen molar-refractivity contribution in [3.05, 3.63) is 58.9 Å². The summed E-state index contributed by atoms with van der Waals surface area (Å²) in [6.45, 7) is 3.65. The van der Waals surface area contributed by atoms with E-state index in [9.17, 15) is 13.2 Å². The smallest absolute Gasteiger partial charge is 0.279 e. The Bertz CT molecular complexity index is 1290. The van der Waals surface area contributed by atoms with Crippen molar-refractivity contribution in [2.24, 2.45) is 4.99 Å². The monoisotopic (exact) mass is 487 g/mol. The molecule has 176 valence electrons. The lowest BCUT2D eigenvalue weighted by molar-refractivity contribution is 0.0997. The number of hydrogen-bond acceptors (Lipinski definition) is 5. The van der Waals surface area contributed by atoms with Gasteiger partial charge in [-0.1, -0.05) is 36.8 Å². The van der Waals surface area contributed by atoms with Gasteiger partial charge in [-0.25, -0.2) is 8.42 Å². The first-order valence-electron chi connectivity index (χ1n) is 11.2. The normalized spacial score (nSPS) is 18.1. The summed E-state index contributed by atoms with van der Waals surface area (Å²) in [6.07, 6.45) is 3.63. The number of carbonyl (C=O) groups is 1. The Hall–Kier alpha value is -2.33. The number of sulfonamides is 1. The van der Waals surface area contributed by atoms with E-state index in [1.807, 2.05) is 35.8 Å². The molecule has 9 heteroatoms. The van der Waals surface area contributed by atoms with Crippen molar-refractivity contribution < 1.29 is 17.9 Å². The topological polar surface area (TPSA) is 81.0 Å². The van der Waals surface area contributed by atoms with E-state index < -0.39 is 15.9 Å². The number of rotatable bonds is 7. The third-order valence-electron chi connectivity index (χ3n) is 6.06. The van der Waals surface area contributed by atoms with Gasteiger partial charge in [-0.3, -0.25) is 4.79 Å². The summed E-state index contributed by atoms with van der Waals surface area (Å²) in [7, 11) is -1.95. The highest BCUT2D eigenvalue weighted by Crippen LogP contribution is 2.27. The molecule has 1 atom stereocenters. The number of carbonyl (C=O) groups excluding carboxylic acids is 1. The molecule has 1 fully saturated rings. The minimum atomic E-state index is -3.58. The lowest BCUT2D eigenvalue weighted by Gasteiger charge is -2.34. The van der Waals surface area contributed by atoms with Crippen LogP contribution >= 0.6 is 11.3 Å².